The summed E-state index contributed by atoms with van der Waals surface area (Å²) < 4.78 is 8.20. The maximum absolute atomic E-state index is 3.12. The average Bonchev–Trinajstić information content (AvgIpc) is 1.58. The molecule has 3 nitrogen and oxygen atoms in total. The van der Waals surface area contributed by atoms with Gasteiger partial charge < -0.3 is 13.7 Å². The first kappa shape index (κ1) is 47.7. The fraction of sp³-hybridized carbons (Fsp3) is 0.154. The van der Waals surface area contributed by atoms with E-state index in [1.54, 1.807) is 15.6 Å². The van der Waals surface area contributed by atoms with Gasteiger partial charge in [0.2, 0.25) is 0 Å². The van der Waals surface area contributed by atoms with E-state index in [0.29, 0.717) is 23.7 Å². The lowest BCUT2D eigenvalue weighted by Crippen LogP contribution is -2.77. The Hall–Kier alpha value is -8.90. The van der Waals surface area contributed by atoms with Crippen molar-refractivity contribution in [1.82, 2.24) is 13.7 Å². The predicted octanol–water partition coefficient (Wildman–Crippen LogP) is 15.6. The molecule has 14 aromatic rings. The van der Waals surface area contributed by atoms with E-state index in [4.69, 9.17) is 0 Å². The van der Waals surface area contributed by atoms with Crippen LogP contribution in [0.4, 0.5) is 0 Å². The normalized spacial score (nSPS) is 14.0. The van der Waals surface area contributed by atoms with Crippen LogP contribution in [0, 0.1) is 0 Å². The summed E-state index contributed by atoms with van der Waals surface area (Å²) in [5, 5.41) is 14.2. The Morgan fingerprint density at radius 3 is 1.52 bits per heavy atom. The zero-order valence-electron chi connectivity index (χ0n) is 48.4. The minimum atomic E-state index is -3.12. The van der Waals surface area contributed by atoms with Gasteiger partial charge in [-0.15, -0.1) is 0 Å². The first-order valence-electron chi connectivity index (χ1n) is 30.4. The molecule has 0 bridgehead atoms. The topological polar surface area (TPSA) is 14.8 Å². The van der Waals surface area contributed by atoms with Crippen molar-refractivity contribution in [1.29, 1.82) is 0 Å². The van der Waals surface area contributed by atoms with E-state index in [2.05, 4.69) is 275 Å². The Morgan fingerprint density at radius 1 is 0.325 bits per heavy atom. The molecule has 0 fully saturated rings. The summed E-state index contributed by atoms with van der Waals surface area (Å²) in [7, 11) is -3.12. The summed E-state index contributed by atoms with van der Waals surface area (Å²) in [6.45, 7) is 19.1. The lowest BCUT2D eigenvalue weighted by atomic mass is 9.34. The molecule has 396 valence electrons. The molecule has 4 aliphatic rings. The first-order valence-corrected chi connectivity index (χ1v) is 32.4. The Morgan fingerprint density at radius 2 is 0.867 bits per heavy atom. The van der Waals surface area contributed by atoms with E-state index >= 15 is 0 Å². The summed E-state index contributed by atoms with van der Waals surface area (Å²) >= 11 is 0. The second kappa shape index (κ2) is 16.6. The van der Waals surface area contributed by atoms with Crippen LogP contribution in [-0.4, -0.2) is 28.5 Å². The summed E-state index contributed by atoms with van der Waals surface area (Å²) in [5.74, 6) is 1.45. The average molecular weight is 1080 g/mol. The molecule has 0 N–H and O–H groups in total. The Kier molecular flexibility index (Phi) is 9.57. The lowest BCUT2D eigenvalue weighted by Gasteiger charge is -2.43. The number of para-hydroxylation sites is 2. The standard InChI is InChI=1S/C78H62BN3Si/c1-43(2)49-27-31-55-56-32-28-50(44(3)4)40-70(56)83(69(55)39-49)68-34-33-65-74-78(68)82-75-59(60-36-53(46(7)8)41-71(83)76(60)82)35-52(45(5)6)37-61(75)79(74)62-42-67-72(73-58-24-16-18-26-64(58)81(65)77(62)73)57-23-15-17-25-63(57)80(67)66-38-51(47-19-11-9-12-20-47)29-30-54(66)48-21-13-10-14-22-48/h9-46H,1-8H3. The molecule has 83 heavy (non-hydrogen) atoms. The van der Waals surface area contributed by atoms with Crippen molar-refractivity contribution < 1.29 is 0 Å². The molecular formula is C78H62BN3Si. The summed E-state index contributed by atoms with van der Waals surface area (Å²) in [6, 6.07) is 81.5. The second-order valence-electron chi connectivity index (χ2n) is 25.9. The van der Waals surface area contributed by atoms with Gasteiger partial charge in [0.05, 0.1) is 33.3 Å². The number of benzene rings is 11. The molecule has 0 atom stereocenters. The van der Waals surface area contributed by atoms with Crippen molar-refractivity contribution in [3.63, 3.8) is 0 Å². The van der Waals surface area contributed by atoms with Crippen LogP contribution in [0.2, 0.25) is 0 Å². The van der Waals surface area contributed by atoms with E-state index in [0.717, 1.165) is 0 Å². The van der Waals surface area contributed by atoms with Crippen LogP contribution in [0.25, 0.3) is 116 Å². The highest BCUT2D eigenvalue weighted by Crippen LogP contribution is 2.48. The van der Waals surface area contributed by atoms with E-state index in [1.165, 1.54) is 160 Å². The number of rotatable bonds is 7. The minimum absolute atomic E-state index is 0.0566. The minimum Gasteiger partial charge on any atom is -0.310 e. The van der Waals surface area contributed by atoms with Gasteiger partial charge in [-0.05, 0) is 153 Å². The van der Waals surface area contributed by atoms with Gasteiger partial charge in [0.1, 0.15) is 0 Å². The summed E-state index contributed by atoms with van der Waals surface area (Å²) in [5.41, 5.74) is 29.4. The van der Waals surface area contributed by atoms with Gasteiger partial charge in [-0.2, -0.15) is 0 Å². The Labute approximate surface area is 486 Å². The summed E-state index contributed by atoms with van der Waals surface area (Å²) in [6.07, 6.45) is 0. The van der Waals surface area contributed by atoms with Crippen LogP contribution >= 0.6 is 0 Å². The van der Waals surface area contributed by atoms with Gasteiger partial charge in [0.15, 0.2) is 8.07 Å². The zero-order chi connectivity index (χ0) is 55.6. The first-order chi connectivity index (χ1) is 40.5. The Bertz CT molecular complexity index is 5160. The molecule has 7 heterocycles. The fourth-order valence-corrected chi connectivity index (χ4v) is 22.1. The van der Waals surface area contributed by atoms with Crippen LogP contribution in [0.1, 0.15) is 101 Å². The molecule has 0 amide bonds. The maximum atomic E-state index is 2.84. The van der Waals surface area contributed by atoms with Gasteiger partial charge in [-0.25, -0.2) is 0 Å². The molecule has 0 unspecified atom stereocenters. The molecule has 5 heteroatoms. The van der Waals surface area contributed by atoms with Crippen LogP contribution in [0.5, 0.6) is 0 Å². The van der Waals surface area contributed by atoms with Crippen LogP contribution < -0.4 is 37.1 Å². The second-order valence-corrected chi connectivity index (χ2v) is 29.5. The van der Waals surface area contributed by atoms with E-state index in [-0.39, 0.29) is 6.71 Å². The molecule has 0 radical (unpaired) electrons. The van der Waals surface area contributed by atoms with Crippen molar-refractivity contribution in [2.45, 2.75) is 79.1 Å². The van der Waals surface area contributed by atoms with Gasteiger partial charge in [0.25, 0.3) is 6.71 Å². The monoisotopic (exact) mass is 1080 g/mol. The van der Waals surface area contributed by atoms with Crippen LogP contribution in [0.3, 0.4) is 0 Å². The maximum Gasteiger partial charge on any atom is 0.252 e. The number of hydrogen-bond donors (Lipinski definition) is 0. The summed E-state index contributed by atoms with van der Waals surface area (Å²) in [4.78, 5) is 0. The molecule has 1 spiro atoms. The molecule has 4 aliphatic heterocycles. The highest BCUT2D eigenvalue weighted by Gasteiger charge is 2.56. The highest BCUT2D eigenvalue weighted by molar-refractivity contribution is 7.24. The zero-order valence-corrected chi connectivity index (χ0v) is 49.4. The number of nitrogens with zero attached hydrogens (tertiary/aromatic N) is 3. The third kappa shape index (κ3) is 5.96. The quantitative estimate of drug-likeness (QED) is 0.141. The van der Waals surface area contributed by atoms with E-state index in [1.807, 2.05) is 0 Å². The molecule has 11 aromatic carbocycles. The molecule has 18 rings (SSSR count). The van der Waals surface area contributed by atoms with Crippen molar-refractivity contribution in [2.24, 2.45) is 0 Å². The van der Waals surface area contributed by atoms with Gasteiger partial charge in [-0.3, -0.25) is 0 Å². The van der Waals surface area contributed by atoms with Crippen molar-refractivity contribution in [3.05, 3.63) is 229 Å². The SMILES string of the molecule is CC(C)c1ccc2c(c1)[Si]1(c3cc(C(C)C)ccc3-2)c2ccc3c4c2-n2c5c(cc(C(C)C)cc5c5cc(C(C)C)cc1c52)B4c1cc2c(c4ccccc4n2-c2cc(-c4ccccc4)ccc2-c2ccccc2)c2c4ccccc4n-3c12. The third-order valence-corrected chi connectivity index (χ3v) is 25.1. The molecule has 3 aromatic heterocycles. The predicted molar refractivity (Wildman–Crippen MR) is 358 cm³/mol. The van der Waals surface area contributed by atoms with Crippen molar-refractivity contribution in [2.75, 3.05) is 0 Å². The number of fused-ring (bicyclic) bond motifs is 18. The van der Waals surface area contributed by atoms with E-state index < -0.39 is 8.07 Å². The smallest absolute Gasteiger partial charge is 0.252 e. The van der Waals surface area contributed by atoms with Crippen molar-refractivity contribution in [3.8, 4) is 50.4 Å². The lowest BCUT2D eigenvalue weighted by molar-refractivity contribution is 0.868. The van der Waals surface area contributed by atoms with Gasteiger partial charge in [0, 0.05) is 54.8 Å². The number of hydrogen-bond acceptors (Lipinski definition) is 0. The largest absolute Gasteiger partial charge is 0.310 e. The molecule has 0 saturated heterocycles. The van der Waals surface area contributed by atoms with Gasteiger partial charge >= 0.3 is 0 Å². The van der Waals surface area contributed by atoms with Crippen molar-refractivity contribution >= 4 is 117 Å². The Balaban J connectivity index is 1.06. The van der Waals surface area contributed by atoms with Crippen LogP contribution in [0.15, 0.2) is 206 Å². The number of aromatic nitrogens is 3. The van der Waals surface area contributed by atoms with E-state index in [9.17, 15) is 0 Å². The highest BCUT2D eigenvalue weighted by atomic mass is 28.3. The van der Waals surface area contributed by atoms with Gasteiger partial charge in [-0.1, -0.05) is 219 Å². The third-order valence-electron chi connectivity index (χ3n) is 20.3. The molecular weight excluding hydrogens is 1020 g/mol. The molecule has 0 saturated carbocycles. The van der Waals surface area contributed by atoms with Crippen LogP contribution in [-0.2, 0) is 0 Å². The molecule has 0 aliphatic carbocycles. The fourth-order valence-electron chi connectivity index (χ4n) is 16.4.